The highest BCUT2D eigenvalue weighted by Gasteiger charge is 2.22. The average molecular weight is 296 g/mol. The van der Waals surface area contributed by atoms with Crippen molar-refractivity contribution in [3.8, 4) is 5.69 Å². The number of carbonyl (C=O) groups is 1. The first-order chi connectivity index (χ1) is 9.47. The molecular formula is C15H15ClFNO2. The Balaban J connectivity index is 2.63. The van der Waals surface area contributed by atoms with Crippen molar-refractivity contribution in [2.45, 2.75) is 20.8 Å². The molecule has 0 spiro atoms. The normalized spacial score (nSPS) is 10.7. The minimum absolute atomic E-state index is 0.0483. The number of hydrogen-bond donors (Lipinski definition) is 0. The Bertz CT molecular complexity index is 645. The van der Waals surface area contributed by atoms with Crippen LogP contribution in [0.3, 0.4) is 0 Å². The van der Waals surface area contributed by atoms with Gasteiger partial charge in [-0.25, -0.2) is 9.18 Å². The van der Waals surface area contributed by atoms with Gasteiger partial charge < -0.3 is 9.30 Å². The second-order valence-corrected chi connectivity index (χ2v) is 4.83. The largest absolute Gasteiger partial charge is 0.462 e. The van der Waals surface area contributed by atoms with E-state index < -0.39 is 11.8 Å². The van der Waals surface area contributed by atoms with Crippen molar-refractivity contribution in [1.29, 1.82) is 0 Å². The summed E-state index contributed by atoms with van der Waals surface area (Å²) in [5, 5.41) is 0.0483. The van der Waals surface area contributed by atoms with Crippen molar-refractivity contribution in [1.82, 2.24) is 4.57 Å². The molecule has 0 saturated carbocycles. The van der Waals surface area contributed by atoms with Crippen molar-refractivity contribution < 1.29 is 13.9 Å². The van der Waals surface area contributed by atoms with Gasteiger partial charge in [0.25, 0.3) is 0 Å². The molecular weight excluding hydrogens is 281 g/mol. The van der Waals surface area contributed by atoms with Crippen LogP contribution < -0.4 is 0 Å². The Morgan fingerprint density at radius 2 is 1.85 bits per heavy atom. The molecule has 0 atom stereocenters. The standard InChI is InChI=1S/C15H15ClFNO2/c1-4-20-15(19)13-11(16)7-8-12(14(13)17)18-9(2)5-6-10(18)3/h5-8H,4H2,1-3H3. The Hall–Kier alpha value is -1.81. The van der Waals surface area contributed by atoms with Gasteiger partial charge in [-0.15, -0.1) is 0 Å². The molecule has 1 heterocycles. The molecule has 0 fully saturated rings. The fourth-order valence-corrected chi connectivity index (χ4v) is 2.38. The maximum absolute atomic E-state index is 14.6. The van der Waals surface area contributed by atoms with Gasteiger partial charge in [-0.1, -0.05) is 11.6 Å². The number of aromatic nitrogens is 1. The van der Waals surface area contributed by atoms with Gasteiger partial charge >= 0.3 is 5.97 Å². The number of carbonyl (C=O) groups excluding carboxylic acids is 1. The lowest BCUT2D eigenvalue weighted by Gasteiger charge is -2.14. The predicted octanol–water partition coefficient (Wildman–Crippen LogP) is 4.06. The molecule has 0 aliphatic heterocycles. The number of benzene rings is 1. The van der Waals surface area contributed by atoms with Gasteiger partial charge in [0.15, 0.2) is 5.82 Å². The maximum atomic E-state index is 14.6. The van der Waals surface area contributed by atoms with Crippen molar-refractivity contribution in [3.63, 3.8) is 0 Å². The molecule has 0 unspecified atom stereocenters. The lowest BCUT2D eigenvalue weighted by Crippen LogP contribution is -2.11. The third-order valence-corrected chi connectivity index (χ3v) is 3.38. The second kappa shape index (κ2) is 5.67. The lowest BCUT2D eigenvalue weighted by molar-refractivity contribution is 0.0521. The Morgan fingerprint density at radius 1 is 1.25 bits per heavy atom. The molecule has 20 heavy (non-hydrogen) atoms. The number of esters is 1. The molecule has 0 amide bonds. The summed E-state index contributed by atoms with van der Waals surface area (Å²) in [4.78, 5) is 11.8. The van der Waals surface area contributed by atoms with Crippen molar-refractivity contribution in [2.75, 3.05) is 6.61 Å². The van der Waals surface area contributed by atoms with E-state index in [2.05, 4.69) is 0 Å². The number of rotatable bonds is 3. The maximum Gasteiger partial charge on any atom is 0.342 e. The molecule has 0 radical (unpaired) electrons. The first-order valence-corrected chi connectivity index (χ1v) is 6.65. The van der Waals surface area contributed by atoms with E-state index in [1.165, 1.54) is 6.07 Å². The molecule has 0 aliphatic carbocycles. The minimum Gasteiger partial charge on any atom is -0.462 e. The number of ether oxygens (including phenoxy) is 1. The third-order valence-electron chi connectivity index (χ3n) is 3.06. The van der Waals surface area contributed by atoms with Gasteiger partial charge in [0, 0.05) is 11.4 Å². The highest BCUT2D eigenvalue weighted by Crippen LogP contribution is 2.27. The highest BCUT2D eigenvalue weighted by atomic mass is 35.5. The van der Waals surface area contributed by atoms with Crippen LogP contribution in [0, 0.1) is 19.7 Å². The van der Waals surface area contributed by atoms with Gasteiger partial charge in [0.05, 0.1) is 17.3 Å². The monoisotopic (exact) mass is 295 g/mol. The Morgan fingerprint density at radius 3 is 2.40 bits per heavy atom. The van der Waals surface area contributed by atoms with Crippen LogP contribution in [0.25, 0.3) is 5.69 Å². The molecule has 0 aliphatic rings. The number of aryl methyl sites for hydroxylation is 2. The number of nitrogens with zero attached hydrogens (tertiary/aromatic N) is 1. The number of halogens is 2. The molecule has 106 valence electrons. The van der Waals surface area contributed by atoms with E-state index in [0.717, 1.165) is 11.4 Å². The lowest BCUT2D eigenvalue weighted by atomic mass is 10.1. The van der Waals surface area contributed by atoms with Crippen LogP contribution in [0.4, 0.5) is 4.39 Å². The number of hydrogen-bond acceptors (Lipinski definition) is 2. The van der Waals surface area contributed by atoms with E-state index in [9.17, 15) is 9.18 Å². The van der Waals surface area contributed by atoms with Gasteiger partial charge in [0.2, 0.25) is 0 Å². The van der Waals surface area contributed by atoms with E-state index >= 15 is 0 Å². The summed E-state index contributed by atoms with van der Waals surface area (Å²) in [6.07, 6.45) is 0. The molecule has 2 aromatic rings. The van der Waals surface area contributed by atoms with E-state index in [-0.39, 0.29) is 22.9 Å². The quantitative estimate of drug-likeness (QED) is 0.800. The van der Waals surface area contributed by atoms with Crippen LogP contribution in [0.15, 0.2) is 24.3 Å². The fraction of sp³-hybridized carbons (Fsp3) is 0.267. The zero-order valence-electron chi connectivity index (χ0n) is 11.5. The van der Waals surface area contributed by atoms with Crippen LogP contribution in [-0.2, 0) is 4.74 Å². The summed E-state index contributed by atoms with van der Waals surface area (Å²) < 4.78 is 21.2. The minimum atomic E-state index is -0.751. The van der Waals surface area contributed by atoms with Crippen molar-refractivity contribution in [2.24, 2.45) is 0 Å². The van der Waals surface area contributed by atoms with Crippen molar-refractivity contribution in [3.05, 3.63) is 52.1 Å². The van der Waals surface area contributed by atoms with E-state index in [1.54, 1.807) is 17.6 Å². The summed E-state index contributed by atoms with van der Waals surface area (Å²) in [6, 6.07) is 6.83. The smallest absolute Gasteiger partial charge is 0.342 e. The van der Waals surface area contributed by atoms with Crippen LogP contribution in [0.2, 0.25) is 5.02 Å². The van der Waals surface area contributed by atoms with Gasteiger partial charge in [-0.3, -0.25) is 0 Å². The van der Waals surface area contributed by atoms with E-state index in [4.69, 9.17) is 16.3 Å². The van der Waals surface area contributed by atoms with Crippen molar-refractivity contribution >= 4 is 17.6 Å². The molecule has 3 nitrogen and oxygen atoms in total. The first-order valence-electron chi connectivity index (χ1n) is 6.27. The molecule has 1 aromatic carbocycles. The van der Waals surface area contributed by atoms with Crippen LogP contribution >= 0.6 is 11.6 Å². The van der Waals surface area contributed by atoms with E-state index in [1.807, 2.05) is 26.0 Å². The molecule has 0 bridgehead atoms. The molecule has 5 heteroatoms. The first kappa shape index (κ1) is 14.6. The molecule has 0 saturated heterocycles. The topological polar surface area (TPSA) is 31.2 Å². The Kier molecular flexibility index (Phi) is 4.14. The summed E-state index contributed by atoms with van der Waals surface area (Å²) in [5.74, 6) is -1.42. The summed E-state index contributed by atoms with van der Waals surface area (Å²) >= 11 is 5.92. The van der Waals surface area contributed by atoms with Crippen LogP contribution in [0.5, 0.6) is 0 Å². The van der Waals surface area contributed by atoms with Gasteiger partial charge in [-0.05, 0) is 45.0 Å². The SMILES string of the molecule is CCOC(=O)c1c(Cl)ccc(-n2c(C)ccc2C)c1F. The Labute approximate surface area is 121 Å². The third kappa shape index (κ3) is 2.43. The highest BCUT2D eigenvalue weighted by molar-refractivity contribution is 6.33. The predicted molar refractivity (Wildman–Crippen MR) is 76.2 cm³/mol. The van der Waals surface area contributed by atoms with Crippen LogP contribution in [-0.4, -0.2) is 17.1 Å². The van der Waals surface area contributed by atoms with Gasteiger partial charge in [0.1, 0.15) is 5.56 Å². The summed E-state index contributed by atoms with van der Waals surface area (Å²) in [7, 11) is 0. The molecule has 2 rings (SSSR count). The molecule has 0 N–H and O–H groups in total. The van der Waals surface area contributed by atoms with Gasteiger partial charge in [-0.2, -0.15) is 0 Å². The zero-order valence-corrected chi connectivity index (χ0v) is 12.3. The average Bonchev–Trinajstić information content (AvgIpc) is 2.71. The van der Waals surface area contributed by atoms with Crippen LogP contribution in [0.1, 0.15) is 28.7 Å². The van der Waals surface area contributed by atoms with E-state index in [0.29, 0.717) is 0 Å². The molecule has 1 aromatic heterocycles. The second-order valence-electron chi connectivity index (χ2n) is 4.43. The summed E-state index contributed by atoms with van der Waals surface area (Å²) in [6.45, 7) is 5.56. The summed E-state index contributed by atoms with van der Waals surface area (Å²) in [5.41, 5.74) is 1.81. The zero-order chi connectivity index (χ0) is 14.9. The fourth-order valence-electron chi connectivity index (χ4n) is 2.15.